The first-order chi connectivity index (χ1) is 8.35. The monoisotopic (exact) mass is 342 g/mol. The summed E-state index contributed by atoms with van der Waals surface area (Å²) >= 11 is 4.32. The van der Waals surface area contributed by atoms with Crippen LogP contribution in [-0.2, 0) is 11.2 Å². The Morgan fingerprint density at radius 3 is 2.61 bits per heavy atom. The minimum Gasteiger partial charge on any atom is -0.406 e. The summed E-state index contributed by atoms with van der Waals surface area (Å²) in [6.07, 6.45) is -2.79. The Bertz CT molecular complexity index is 435. The highest BCUT2D eigenvalue weighted by molar-refractivity contribution is 9.09. The molecule has 0 radical (unpaired) electrons. The van der Waals surface area contributed by atoms with Crippen molar-refractivity contribution in [2.75, 3.05) is 11.6 Å². The van der Waals surface area contributed by atoms with E-state index in [0.717, 1.165) is 0 Å². The minimum absolute atomic E-state index is 0.0326. The van der Waals surface area contributed by atoms with Crippen LogP contribution in [0, 0.1) is 0 Å². The first-order valence-corrected chi connectivity index (χ1v) is 7.20. The second-order valence-corrected chi connectivity index (χ2v) is 4.78. The highest BCUT2D eigenvalue weighted by Gasteiger charge is 2.31. The molecule has 0 aliphatic heterocycles. The zero-order chi connectivity index (χ0) is 13.8. The lowest BCUT2D eigenvalue weighted by molar-refractivity contribution is -0.274. The number of ether oxygens (including phenoxy) is 1. The van der Waals surface area contributed by atoms with Crippen LogP contribution >= 0.6 is 27.7 Å². The van der Waals surface area contributed by atoms with Gasteiger partial charge in [-0.05, 0) is 24.0 Å². The molecule has 0 aromatic heterocycles. The van der Waals surface area contributed by atoms with Gasteiger partial charge >= 0.3 is 6.36 Å². The average Bonchev–Trinajstić information content (AvgIpc) is 2.28. The van der Waals surface area contributed by atoms with Crippen molar-refractivity contribution < 1.29 is 22.7 Å². The summed E-state index contributed by atoms with van der Waals surface area (Å²) in [6.45, 7) is 0. The Morgan fingerprint density at radius 1 is 1.44 bits per heavy atom. The number of hydrogen-bond acceptors (Lipinski definition) is 3. The molecule has 1 aromatic rings. The summed E-state index contributed by atoms with van der Waals surface area (Å²) in [5.74, 6) is -0.309. The Balaban J connectivity index is 2.93. The number of ketones is 1. The Kier molecular flexibility index (Phi) is 5.52. The summed E-state index contributed by atoms with van der Waals surface area (Å²) < 4.78 is 40.0. The summed E-state index contributed by atoms with van der Waals surface area (Å²) in [5.41, 5.74) is 0.696. The topological polar surface area (TPSA) is 26.3 Å². The van der Waals surface area contributed by atoms with Crippen LogP contribution in [0.1, 0.15) is 5.56 Å². The fourth-order valence-corrected chi connectivity index (χ4v) is 2.16. The zero-order valence-corrected chi connectivity index (χ0v) is 11.8. The maximum Gasteiger partial charge on any atom is 0.573 e. The largest absolute Gasteiger partial charge is 0.573 e. The first kappa shape index (κ1) is 15.4. The van der Waals surface area contributed by atoms with E-state index in [1.807, 2.05) is 0 Å². The quantitative estimate of drug-likeness (QED) is 0.601. The zero-order valence-electron chi connectivity index (χ0n) is 9.38. The van der Waals surface area contributed by atoms with Crippen LogP contribution in [0.15, 0.2) is 23.1 Å². The lowest BCUT2D eigenvalue weighted by atomic mass is 10.1. The standard InChI is InChI=1S/C11H10BrF3O2S/c1-18-10-5-9(17-11(13,14)15)3-2-7(10)4-8(16)6-12/h2-3,5H,4,6H2,1H3. The van der Waals surface area contributed by atoms with Crippen molar-refractivity contribution >= 4 is 33.5 Å². The third-order valence-corrected chi connectivity index (χ3v) is 3.47. The molecule has 0 saturated carbocycles. The number of carbonyl (C=O) groups is 1. The smallest absolute Gasteiger partial charge is 0.406 e. The van der Waals surface area contributed by atoms with Gasteiger partial charge in [0.25, 0.3) is 0 Å². The molecular weight excluding hydrogens is 333 g/mol. The van der Waals surface area contributed by atoms with Gasteiger partial charge in [-0.2, -0.15) is 0 Å². The van der Waals surface area contributed by atoms with Crippen molar-refractivity contribution in [3.63, 3.8) is 0 Å². The van der Waals surface area contributed by atoms with E-state index in [1.165, 1.54) is 30.0 Å². The summed E-state index contributed by atoms with van der Waals surface area (Å²) in [7, 11) is 0. The number of thioether (sulfide) groups is 1. The second-order valence-electron chi connectivity index (χ2n) is 3.37. The molecule has 1 rings (SSSR count). The van der Waals surface area contributed by atoms with Crippen molar-refractivity contribution in [1.29, 1.82) is 0 Å². The van der Waals surface area contributed by atoms with Crippen LogP contribution in [0.5, 0.6) is 5.75 Å². The lowest BCUT2D eigenvalue weighted by Crippen LogP contribution is -2.17. The number of carbonyl (C=O) groups excluding carboxylic acids is 1. The number of rotatable bonds is 5. The van der Waals surface area contributed by atoms with E-state index < -0.39 is 6.36 Å². The lowest BCUT2D eigenvalue weighted by Gasteiger charge is -2.12. The Morgan fingerprint density at radius 2 is 2.11 bits per heavy atom. The van der Waals surface area contributed by atoms with E-state index in [0.29, 0.717) is 10.5 Å². The molecule has 2 nitrogen and oxygen atoms in total. The predicted molar refractivity (Wildman–Crippen MR) is 67.4 cm³/mol. The van der Waals surface area contributed by atoms with E-state index >= 15 is 0 Å². The van der Waals surface area contributed by atoms with Gasteiger partial charge in [0, 0.05) is 11.3 Å². The van der Waals surface area contributed by atoms with Crippen molar-refractivity contribution in [2.24, 2.45) is 0 Å². The van der Waals surface area contributed by atoms with Gasteiger partial charge in [-0.25, -0.2) is 0 Å². The van der Waals surface area contributed by atoms with Gasteiger partial charge in [-0.15, -0.1) is 24.9 Å². The van der Waals surface area contributed by atoms with Crippen molar-refractivity contribution in [3.8, 4) is 5.75 Å². The number of benzene rings is 1. The molecule has 0 spiro atoms. The molecule has 0 amide bonds. The molecule has 0 aliphatic carbocycles. The maximum atomic E-state index is 12.1. The van der Waals surface area contributed by atoms with Gasteiger partial charge in [0.15, 0.2) is 0 Å². The molecule has 0 saturated heterocycles. The minimum atomic E-state index is -4.71. The molecule has 100 valence electrons. The van der Waals surface area contributed by atoms with Gasteiger partial charge in [-0.3, -0.25) is 4.79 Å². The van der Waals surface area contributed by atoms with Crippen LogP contribution < -0.4 is 4.74 Å². The van der Waals surface area contributed by atoms with Crippen molar-refractivity contribution in [1.82, 2.24) is 0 Å². The average molecular weight is 343 g/mol. The fraction of sp³-hybridized carbons (Fsp3) is 0.364. The molecule has 0 bridgehead atoms. The first-order valence-electron chi connectivity index (χ1n) is 4.86. The maximum absolute atomic E-state index is 12.1. The number of Topliss-reactive ketones (excluding diaryl/α,β-unsaturated/α-hetero) is 1. The van der Waals surface area contributed by atoms with Crippen LogP contribution in [0.25, 0.3) is 0 Å². The number of halogens is 4. The fourth-order valence-electron chi connectivity index (χ4n) is 1.33. The molecule has 0 atom stereocenters. The van der Waals surface area contributed by atoms with Crippen molar-refractivity contribution in [3.05, 3.63) is 23.8 Å². The molecule has 7 heteroatoms. The van der Waals surface area contributed by atoms with Gasteiger partial charge in [-0.1, -0.05) is 22.0 Å². The van der Waals surface area contributed by atoms with E-state index in [2.05, 4.69) is 20.7 Å². The molecule has 1 aromatic carbocycles. The van der Waals surface area contributed by atoms with Gasteiger partial charge in [0.1, 0.15) is 11.5 Å². The Hall–Kier alpha value is -0.690. The molecule has 18 heavy (non-hydrogen) atoms. The van der Waals surface area contributed by atoms with Crippen LogP contribution in [0.4, 0.5) is 13.2 Å². The van der Waals surface area contributed by atoms with Gasteiger partial charge in [0.05, 0.1) is 5.33 Å². The third-order valence-electron chi connectivity index (χ3n) is 2.03. The highest BCUT2D eigenvalue weighted by Crippen LogP contribution is 2.29. The van der Waals surface area contributed by atoms with Gasteiger partial charge in [0.2, 0.25) is 0 Å². The Labute approximate surface area is 115 Å². The normalized spacial score (nSPS) is 11.4. The molecule has 0 aliphatic rings. The highest BCUT2D eigenvalue weighted by atomic mass is 79.9. The predicted octanol–water partition coefficient (Wildman–Crippen LogP) is 3.81. The van der Waals surface area contributed by atoms with E-state index in [1.54, 1.807) is 6.26 Å². The van der Waals surface area contributed by atoms with E-state index in [-0.39, 0.29) is 23.3 Å². The molecule has 0 N–H and O–H groups in total. The number of hydrogen-bond donors (Lipinski definition) is 0. The summed E-state index contributed by atoms with van der Waals surface area (Å²) in [4.78, 5) is 11.9. The van der Waals surface area contributed by atoms with E-state index in [9.17, 15) is 18.0 Å². The molecule has 0 heterocycles. The van der Waals surface area contributed by atoms with Crippen LogP contribution in [-0.4, -0.2) is 23.7 Å². The third kappa shape index (κ3) is 4.89. The van der Waals surface area contributed by atoms with Crippen LogP contribution in [0.2, 0.25) is 0 Å². The van der Waals surface area contributed by atoms with Crippen molar-refractivity contribution in [2.45, 2.75) is 17.7 Å². The molecule has 0 unspecified atom stereocenters. The second kappa shape index (κ2) is 6.47. The number of alkyl halides is 4. The summed E-state index contributed by atoms with van der Waals surface area (Å²) in [6, 6.07) is 3.98. The van der Waals surface area contributed by atoms with E-state index in [4.69, 9.17) is 0 Å². The SMILES string of the molecule is CSc1cc(OC(F)(F)F)ccc1CC(=O)CBr. The molecular formula is C11H10BrF3O2S. The van der Waals surface area contributed by atoms with Gasteiger partial charge < -0.3 is 4.74 Å². The molecule has 0 fully saturated rings. The van der Waals surface area contributed by atoms with Crippen LogP contribution in [0.3, 0.4) is 0 Å². The summed E-state index contributed by atoms with van der Waals surface area (Å²) in [5, 5.41) is 0.224.